The molecule has 0 spiro atoms. The van der Waals surface area contributed by atoms with E-state index in [0.717, 1.165) is 12.8 Å². The molecule has 6 heteroatoms. The fourth-order valence-electron chi connectivity index (χ4n) is 4.49. The fourth-order valence-corrected chi connectivity index (χ4v) is 4.49. The predicted octanol–water partition coefficient (Wildman–Crippen LogP) is 1.77. The number of carbonyl (C=O) groups excluding carboxylic acids is 3. The molecule has 0 radical (unpaired) electrons. The Balaban J connectivity index is 1.74. The molecule has 3 aliphatic rings. The van der Waals surface area contributed by atoms with Crippen LogP contribution in [0.1, 0.15) is 58.8 Å². The average molecular weight is 362 g/mol. The molecule has 26 heavy (non-hydrogen) atoms. The first kappa shape index (κ1) is 19.1. The Labute approximate surface area is 155 Å². The molecule has 3 amide bonds. The normalized spacial score (nSPS) is 28.5. The summed E-state index contributed by atoms with van der Waals surface area (Å²) in [5.41, 5.74) is -0.852. The van der Waals surface area contributed by atoms with Gasteiger partial charge in [-0.15, -0.1) is 0 Å². The molecule has 3 unspecified atom stereocenters. The first-order valence-corrected chi connectivity index (χ1v) is 9.84. The fraction of sp³-hybridized carbons (Fsp3) is 0.750. The highest BCUT2D eigenvalue weighted by atomic mass is 16.3. The SMILES string of the molecule is CC(C)CC(C(=O)NCC1(O)CCCC1)N1C(=O)C2CC=CCC2C1=O. The average Bonchev–Trinajstić information content (AvgIpc) is 3.14. The number of fused-ring (bicyclic) bond motifs is 1. The number of hydrogen-bond donors (Lipinski definition) is 2. The zero-order valence-electron chi connectivity index (χ0n) is 15.7. The standard InChI is InChI=1S/C20H30N2O4/c1-13(2)11-16(17(23)21-12-20(26)9-5-6-10-20)22-18(24)14-7-3-4-8-15(14)19(22)25/h3-4,13-16,26H,5-12H2,1-2H3,(H,21,23). The monoisotopic (exact) mass is 362 g/mol. The highest BCUT2D eigenvalue weighted by Crippen LogP contribution is 2.37. The third kappa shape index (κ3) is 3.70. The van der Waals surface area contributed by atoms with Crippen LogP contribution in [0.4, 0.5) is 0 Å². The molecule has 1 saturated heterocycles. The van der Waals surface area contributed by atoms with Gasteiger partial charge >= 0.3 is 0 Å². The maximum atomic E-state index is 12.9. The molecule has 144 valence electrons. The summed E-state index contributed by atoms with van der Waals surface area (Å²) in [5.74, 6) is -1.24. The van der Waals surface area contributed by atoms with Crippen LogP contribution in [0.5, 0.6) is 0 Å². The molecule has 0 bridgehead atoms. The Hall–Kier alpha value is -1.69. The number of likely N-dealkylation sites (tertiary alicyclic amines) is 1. The molecule has 0 aromatic rings. The maximum Gasteiger partial charge on any atom is 0.243 e. The van der Waals surface area contributed by atoms with Gasteiger partial charge in [-0.25, -0.2) is 0 Å². The summed E-state index contributed by atoms with van der Waals surface area (Å²) < 4.78 is 0. The van der Waals surface area contributed by atoms with Crippen molar-refractivity contribution in [3.05, 3.63) is 12.2 Å². The zero-order chi connectivity index (χ0) is 18.9. The molecular formula is C20H30N2O4. The van der Waals surface area contributed by atoms with Crippen molar-refractivity contribution in [3.8, 4) is 0 Å². The van der Waals surface area contributed by atoms with Crippen LogP contribution in [0.25, 0.3) is 0 Å². The minimum atomic E-state index is -0.852. The van der Waals surface area contributed by atoms with Gasteiger partial charge in [-0.1, -0.05) is 38.8 Å². The van der Waals surface area contributed by atoms with Gasteiger partial charge in [0.1, 0.15) is 6.04 Å². The lowest BCUT2D eigenvalue weighted by molar-refractivity contribution is -0.148. The number of amides is 3. The molecule has 0 aromatic carbocycles. The molecule has 1 aliphatic heterocycles. The third-order valence-electron chi connectivity index (χ3n) is 5.98. The highest BCUT2D eigenvalue weighted by Gasteiger charge is 2.51. The van der Waals surface area contributed by atoms with Gasteiger partial charge in [-0.3, -0.25) is 19.3 Å². The minimum absolute atomic E-state index is 0.168. The summed E-state index contributed by atoms with van der Waals surface area (Å²) in [6, 6.07) is -0.786. The lowest BCUT2D eigenvalue weighted by atomic mass is 9.85. The van der Waals surface area contributed by atoms with E-state index in [0.29, 0.717) is 32.1 Å². The number of rotatable bonds is 6. The van der Waals surface area contributed by atoms with E-state index in [1.54, 1.807) is 0 Å². The van der Waals surface area contributed by atoms with E-state index in [1.807, 2.05) is 26.0 Å². The number of nitrogens with zero attached hydrogens (tertiary/aromatic N) is 1. The number of nitrogens with one attached hydrogen (secondary N) is 1. The summed E-state index contributed by atoms with van der Waals surface area (Å²) >= 11 is 0. The Morgan fingerprint density at radius 3 is 2.23 bits per heavy atom. The van der Waals surface area contributed by atoms with E-state index < -0.39 is 11.6 Å². The number of aliphatic hydroxyl groups is 1. The zero-order valence-corrected chi connectivity index (χ0v) is 15.7. The molecule has 2 fully saturated rings. The molecule has 2 aliphatic carbocycles. The van der Waals surface area contributed by atoms with Gasteiger partial charge in [0.25, 0.3) is 0 Å². The molecule has 3 atom stereocenters. The highest BCUT2D eigenvalue weighted by molar-refractivity contribution is 6.08. The van der Waals surface area contributed by atoms with Crippen LogP contribution >= 0.6 is 0 Å². The maximum absolute atomic E-state index is 12.9. The minimum Gasteiger partial charge on any atom is -0.388 e. The van der Waals surface area contributed by atoms with Crippen molar-refractivity contribution in [3.63, 3.8) is 0 Å². The summed E-state index contributed by atoms with van der Waals surface area (Å²) in [6.07, 6.45) is 8.76. The molecule has 3 rings (SSSR count). The summed E-state index contributed by atoms with van der Waals surface area (Å²) in [4.78, 5) is 39.8. The Morgan fingerprint density at radius 1 is 1.19 bits per heavy atom. The van der Waals surface area contributed by atoms with Gasteiger partial charge in [0.2, 0.25) is 17.7 Å². The van der Waals surface area contributed by atoms with Gasteiger partial charge in [-0.2, -0.15) is 0 Å². The third-order valence-corrected chi connectivity index (χ3v) is 5.98. The Morgan fingerprint density at radius 2 is 1.73 bits per heavy atom. The largest absolute Gasteiger partial charge is 0.388 e. The summed E-state index contributed by atoms with van der Waals surface area (Å²) in [5, 5.41) is 13.3. The second kappa shape index (κ2) is 7.51. The van der Waals surface area contributed by atoms with Crippen molar-refractivity contribution >= 4 is 17.7 Å². The molecule has 1 saturated carbocycles. The quantitative estimate of drug-likeness (QED) is 0.557. The second-order valence-corrected chi connectivity index (χ2v) is 8.50. The predicted molar refractivity (Wildman–Crippen MR) is 96.9 cm³/mol. The lowest BCUT2D eigenvalue weighted by Crippen LogP contribution is -2.53. The van der Waals surface area contributed by atoms with Crippen molar-refractivity contribution in [1.82, 2.24) is 10.2 Å². The van der Waals surface area contributed by atoms with E-state index in [-0.39, 0.29) is 42.0 Å². The molecular weight excluding hydrogens is 332 g/mol. The van der Waals surface area contributed by atoms with Crippen molar-refractivity contribution in [1.29, 1.82) is 0 Å². The van der Waals surface area contributed by atoms with Crippen molar-refractivity contribution in [2.24, 2.45) is 17.8 Å². The van der Waals surface area contributed by atoms with E-state index in [1.165, 1.54) is 4.90 Å². The second-order valence-electron chi connectivity index (χ2n) is 8.50. The number of hydrogen-bond acceptors (Lipinski definition) is 4. The summed E-state index contributed by atoms with van der Waals surface area (Å²) in [7, 11) is 0. The topological polar surface area (TPSA) is 86.7 Å². The summed E-state index contributed by atoms with van der Waals surface area (Å²) in [6.45, 7) is 4.14. The van der Waals surface area contributed by atoms with Gasteiger partial charge in [0, 0.05) is 6.54 Å². The van der Waals surface area contributed by atoms with Gasteiger partial charge in [0.15, 0.2) is 0 Å². The van der Waals surface area contributed by atoms with Crippen LogP contribution < -0.4 is 5.32 Å². The van der Waals surface area contributed by atoms with Crippen LogP contribution in [0.2, 0.25) is 0 Å². The first-order valence-electron chi connectivity index (χ1n) is 9.84. The van der Waals surface area contributed by atoms with Gasteiger partial charge in [-0.05, 0) is 38.0 Å². The van der Waals surface area contributed by atoms with E-state index in [2.05, 4.69) is 5.32 Å². The molecule has 6 nitrogen and oxygen atoms in total. The molecule has 2 N–H and O–H groups in total. The van der Waals surface area contributed by atoms with Gasteiger partial charge < -0.3 is 10.4 Å². The Bertz CT molecular complexity index is 581. The van der Waals surface area contributed by atoms with Crippen LogP contribution in [0.3, 0.4) is 0 Å². The van der Waals surface area contributed by atoms with Gasteiger partial charge in [0.05, 0.1) is 17.4 Å². The van der Waals surface area contributed by atoms with Crippen molar-refractivity contribution in [2.75, 3.05) is 6.54 Å². The van der Waals surface area contributed by atoms with Crippen LogP contribution in [-0.2, 0) is 14.4 Å². The van der Waals surface area contributed by atoms with Crippen LogP contribution in [0.15, 0.2) is 12.2 Å². The van der Waals surface area contributed by atoms with Crippen LogP contribution in [0, 0.1) is 17.8 Å². The first-order chi connectivity index (χ1) is 12.3. The Kier molecular flexibility index (Phi) is 5.51. The van der Waals surface area contributed by atoms with Crippen LogP contribution in [-0.4, -0.2) is 45.9 Å². The van der Waals surface area contributed by atoms with E-state index >= 15 is 0 Å². The van der Waals surface area contributed by atoms with E-state index in [9.17, 15) is 19.5 Å². The molecule has 1 heterocycles. The van der Waals surface area contributed by atoms with Crippen molar-refractivity contribution < 1.29 is 19.5 Å². The lowest BCUT2D eigenvalue weighted by Gasteiger charge is -2.29. The number of carbonyl (C=O) groups is 3. The number of allylic oxidation sites excluding steroid dienone is 2. The molecule has 0 aromatic heterocycles. The van der Waals surface area contributed by atoms with E-state index in [4.69, 9.17) is 0 Å². The van der Waals surface area contributed by atoms with Crippen molar-refractivity contribution in [2.45, 2.75) is 70.4 Å². The smallest absolute Gasteiger partial charge is 0.243 e. The number of imide groups is 1.